The highest BCUT2D eigenvalue weighted by atomic mass is 19.2. The summed E-state index contributed by atoms with van der Waals surface area (Å²) in [5, 5.41) is 0. The van der Waals surface area contributed by atoms with E-state index in [1.165, 1.54) is 12.8 Å². The van der Waals surface area contributed by atoms with Gasteiger partial charge in [-0.2, -0.15) is 0 Å². The average molecular weight is 188 g/mol. The molecular formula is C11H18F2. The van der Waals surface area contributed by atoms with Crippen LogP contribution in [0.3, 0.4) is 0 Å². The maximum Gasteiger partial charge on any atom is 0.131 e. The molecule has 0 spiro atoms. The van der Waals surface area contributed by atoms with Crippen molar-refractivity contribution in [3.8, 4) is 0 Å². The van der Waals surface area contributed by atoms with Crippen LogP contribution >= 0.6 is 0 Å². The van der Waals surface area contributed by atoms with Crippen molar-refractivity contribution in [1.82, 2.24) is 0 Å². The Bertz CT molecular complexity index is 167. The average Bonchev–Trinajstić information content (AvgIpc) is 2.18. The first kappa shape index (κ1) is 10.7. The molecule has 1 aliphatic carbocycles. The van der Waals surface area contributed by atoms with Gasteiger partial charge in [0.05, 0.1) is 0 Å². The van der Waals surface area contributed by atoms with Gasteiger partial charge in [0.15, 0.2) is 0 Å². The van der Waals surface area contributed by atoms with Crippen molar-refractivity contribution in [2.24, 2.45) is 11.8 Å². The SMILES string of the molecule is CCCC1CCC(/C(F)=C/F)CC1. The molecule has 1 saturated carbocycles. The van der Waals surface area contributed by atoms with Gasteiger partial charge < -0.3 is 0 Å². The van der Waals surface area contributed by atoms with E-state index in [1.54, 1.807) is 0 Å². The van der Waals surface area contributed by atoms with Gasteiger partial charge in [-0.15, -0.1) is 0 Å². The number of hydrogen-bond acceptors (Lipinski definition) is 0. The van der Waals surface area contributed by atoms with E-state index in [4.69, 9.17) is 0 Å². The third-order valence-electron chi connectivity index (χ3n) is 3.04. The van der Waals surface area contributed by atoms with Crippen LogP contribution in [0.2, 0.25) is 0 Å². The Morgan fingerprint density at radius 3 is 2.38 bits per heavy atom. The van der Waals surface area contributed by atoms with E-state index in [9.17, 15) is 8.78 Å². The van der Waals surface area contributed by atoms with Crippen LogP contribution in [0.15, 0.2) is 12.2 Å². The topological polar surface area (TPSA) is 0 Å². The summed E-state index contributed by atoms with van der Waals surface area (Å²) in [6.07, 6.45) is 6.38. The van der Waals surface area contributed by atoms with Crippen LogP contribution < -0.4 is 0 Å². The molecule has 0 aromatic rings. The van der Waals surface area contributed by atoms with Crippen molar-refractivity contribution >= 4 is 0 Å². The predicted octanol–water partition coefficient (Wildman–Crippen LogP) is 4.37. The van der Waals surface area contributed by atoms with E-state index < -0.39 is 5.83 Å². The van der Waals surface area contributed by atoms with E-state index in [-0.39, 0.29) is 12.2 Å². The molecule has 1 fully saturated rings. The Hall–Kier alpha value is -0.400. The lowest BCUT2D eigenvalue weighted by Gasteiger charge is -2.26. The Morgan fingerprint density at radius 2 is 1.92 bits per heavy atom. The highest BCUT2D eigenvalue weighted by Gasteiger charge is 2.23. The van der Waals surface area contributed by atoms with Crippen LogP contribution in [0.25, 0.3) is 0 Å². The van der Waals surface area contributed by atoms with E-state index in [2.05, 4.69) is 6.92 Å². The molecule has 0 saturated heterocycles. The van der Waals surface area contributed by atoms with Crippen LogP contribution in [0, 0.1) is 11.8 Å². The summed E-state index contributed by atoms with van der Waals surface area (Å²) in [4.78, 5) is 0. The minimum absolute atomic E-state index is 0.127. The quantitative estimate of drug-likeness (QED) is 0.616. The smallest absolute Gasteiger partial charge is 0.131 e. The van der Waals surface area contributed by atoms with Crippen LogP contribution in [-0.2, 0) is 0 Å². The molecular weight excluding hydrogens is 170 g/mol. The maximum atomic E-state index is 12.8. The molecule has 0 radical (unpaired) electrons. The summed E-state index contributed by atoms with van der Waals surface area (Å²) in [5.41, 5.74) is 0. The molecule has 0 nitrogen and oxygen atoms in total. The number of allylic oxidation sites excluding steroid dienone is 1. The second kappa shape index (κ2) is 5.36. The normalized spacial score (nSPS) is 30.5. The van der Waals surface area contributed by atoms with Crippen LogP contribution in [0.1, 0.15) is 45.4 Å². The van der Waals surface area contributed by atoms with Crippen molar-refractivity contribution < 1.29 is 8.78 Å². The van der Waals surface area contributed by atoms with Crippen LogP contribution in [0.4, 0.5) is 8.78 Å². The van der Waals surface area contributed by atoms with Crippen molar-refractivity contribution in [2.45, 2.75) is 45.4 Å². The van der Waals surface area contributed by atoms with Crippen LogP contribution in [0.5, 0.6) is 0 Å². The molecule has 13 heavy (non-hydrogen) atoms. The van der Waals surface area contributed by atoms with Gasteiger partial charge in [0.25, 0.3) is 0 Å². The zero-order chi connectivity index (χ0) is 9.68. The van der Waals surface area contributed by atoms with Gasteiger partial charge in [-0.05, 0) is 31.6 Å². The first-order valence-corrected chi connectivity index (χ1v) is 5.23. The fourth-order valence-corrected chi connectivity index (χ4v) is 2.22. The third-order valence-corrected chi connectivity index (χ3v) is 3.04. The molecule has 1 rings (SSSR count). The van der Waals surface area contributed by atoms with Crippen molar-refractivity contribution in [1.29, 1.82) is 0 Å². The van der Waals surface area contributed by atoms with Gasteiger partial charge in [0, 0.05) is 5.92 Å². The van der Waals surface area contributed by atoms with Gasteiger partial charge in [-0.25, -0.2) is 8.78 Å². The summed E-state index contributed by atoms with van der Waals surface area (Å²) in [6.45, 7) is 2.17. The molecule has 0 N–H and O–H groups in total. The molecule has 76 valence electrons. The first-order chi connectivity index (χ1) is 6.27. The van der Waals surface area contributed by atoms with E-state index in [0.29, 0.717) is 0 Å². The molecule has 2 heteroatoms. The minimum Gasteiger partial charge on any atom is -0.213 e. The van der Waals surface area contributed by atoms with Crippen molar-refractivity contribution in [3.63, 3.8) is 0 Å². The highest BCUT2D eigenvalue weighted by molar-refractivity contribution is 4.95. The predicted molar refractivity (Wildman–Crippen MR) is 50.7 cm³/mol. The fraction of sp³-hybridized carbons (Fsp3) is 0.818. The second-order valence-electron chi connectivity index (χ2n) is 4.00. The molecule has 0 aromatic heterocycles. The molecule has 0 bridgehead atoms. The monoisotopic (exact) mass is 188 g/mol. The van der Waals surface area contributed by atoms with Gasteiger partial charge >= 0.3 is 0 Å². The van der Waals surface area contributed by atoms with Gasteiger partial charge in [0.2, 0.25) is 0 Å². The molecule has 0 aliphatic heterocycles. The third kappa shape index (κ3) is 3.09. The number of rotatable bonds is 3. The largest absolute Gasteiger partial charge is 0.213 e. The summed E-state index contributed by atoms with van der Waals surface area (Å²) in [5.74, 6) is 0.0849. The number of halogens is 2. The highest BCUT2D eigenvalue weighted by Crippen LogP contribution is 2.35. The summed E-state index contributed by atoms with van der Waals surface area (Å²) >= 11 is 0. The Kier molecular flexibility index (Phi) is 4.40. The molecule has 0 amide bonds. The number of hydrogen-bond donors (Lipinski definition) is 0. The summed E-state index contributed by atoms with van der Waals surface area (Å²) in [6, 6.07) is 0. The molecule has 0 atom stereocenters. The first-order valence-electron chi connectivity index (χ1n) is 5.23. The lowest BCUT2D eigenvalue weighted by Crippen LogP contribution is -2.14. The van der Waals surface area contributed by atoms with Gasteiger partial charge in [-0.1, -0.05) is 19.8 Å². The zero-order valence-electron chi connectivity index (χ0n) is 8.23. The van der Waals surface area contributed by atoms with E-state index in [1.807, 2.05) is 0 Å². The minimum atomic E-state index is -0.546. The van der Waals surface area contributed by atoms with E-state index in [0.717, 1.165) is 31.6 Å². The summed E-state index contributed by atoms with van der Waals surface area (Å²) in [7, 11) is 0. The maximum absolute atomic E-state index is 12.8. The molecule has 0 aromatic carbocycles. The van der Waals surface area contributed by atoms with Gasteiger partial charge in [-0.3, -0.25) is 0 Å². The lowest BCUT2D eigenvalue weighted by atomic mass is 9.80. The van der Waals surface area contributed by atoms with Crippen LogP contribution in [-0.4, -0.2) is 0 Å². The lowest BCUT2D eigenvalue weighted by molar-refractivity contribution is 0.259. The fourth-order valence-electron chi connectivity index (χ4n) is 2.22. The standard InChI is InChI=1S/C11H18F2/c1-2-3-9-4-6-10(7-5-9)11(13)8-12/h8-10H,2-7H2,1H3/b11-8-. The summed E-state index contributed by atoms with van der Waals surface area (Å²) < 4.78 is 24.7. The Labute approximate surface area is 79.0 Å². The van der Waals surface area contributed by atoms with Crippen molar-refractivity contribution in [2.75, 3.05) is 0 Å². The molecule has 0 unspecified atom stereocenters. The molecule has 0 heterocycles. The van der Waals surface area contributed by atoms with Crippen molar-refractivity contribution in [3.05, 3.63) is 12.2 Å². The zero-order valence-corrected chi connectivity index (χ0v) is 8.23. The molecule has 1 aliphatic rings. The van der Waals surface area contributed by atoms with E-state index >= 15 is 0 Å². The second-order valence-corrected chi connectivity index (χ2v) is 4.00. The Morgan fingerprint density at radius 1 is 1.31 bits per heavy atom. The van der Waals surface area contributed by atoms with Gasteiger partial charge in [0.1, 0.15) is 12.2 Å². The Balaban J connectivity index is 2.30.